The molecule has 1 unspecified atom stereocenters. The zero-order valence-electron chi connectivity index (χ0n) is 11.7. The highest BCUT2D eigenvalue weighted by atomic mass is 16.2. The summed E-state index contributed by atoms with van der Waals surface area (Å²) in [5.74, 6) is 1.18. The summed E-state index contributed by atoms with van der Waals surface area (Å²) in [6, 6.07) is 7.91. The molecule has 1 amide bonds. The quantitative estimate of drug-likeness (QED) is 0.869. The van der Waals surface area contributed by atoms with Crippen LogP contribution in [0.25, 0.3) is 0 Å². The van der Waals surface area contributed by atoms with Crippen LogP contribution in [0.2, 0.25) is 0 Å². The Labute approximate surface area is 114 Å². The number of nitrogens with zero attached hydrogens (tertiary/aromatic N) is 1. The van der Waals surface area contributed by atoms with E-state index in [2.05, 4.69) is 41.6 Å². The monoisotopic (exact) mass is 259 g/mol. The first-order valence-corrected chi connectivity index (χ1v) is 6.80. The van der Waals surface area contributed by atoms with Crippen molar-refractivity contribution in [1.29, 1.82) is 0 Å². The van der Waals surface area contributed by atoms with Crippen molar-refractivity contribution in [1.82, 2.24) is 10.6 Å². The molecule has 19 heavy (non-hydrogen) atoms. The van der Waals surface area contributed by atoms with Gasteiger partial charge in [-0.3, -0.25) is 15.1 Å². The maximum Gasteiger partial charge on any atom is 0.253 e. The molecule has 0 saturated carbocycles. The molecule has 1 aromatic rings. The molecule has 0 aliphatic carbocycles. The molecule has 102 valence electrons. The van der Waals surface area contributed by atoms with Crippen LogP contribution in [0, 0.1) is 5.92 Å². The van der Waals surface area contributed by atoms with E-state index in [9.17, 15) is 4.79 Å². The third kappa shape index (κ3) is 3.34. The minimum atomic E-state index is -0.321. The lowest BCUT2D eigenvalue weighted by molar-refractivity contribution is -0.120. The zero-order chi connectivity index (χ0) is 13.8. The standard InChI is InChI=1S/C15H21N3O/c1-4-16-15-17-13(14(19)18-15)12-7-5-11(6-8-12)9-10(2)3/h5-8,10,13H,4,9H2,1-3H3,(H2,16,17,18,19). The summed E-state index contributed by atoms with van der Waals surface area (Å²) < 4.78 is 0. The van der Waals surface area contributed by atoms with Gasteiger partial charge in [-0.1, -0.05) is 38.1 Å². The number of carbonyl (C=O) groups excluding carboxylic acids is 1. The number of guanidine groups is 1. The lowest BCUT2D eigenvalue weighted by Gasteiger charge is -2.10. The Morgan fingerprint density at radius 2 is 1.95 bits per heavy atom. The highest BCUT2D eigenvalue weighted by Gasteiger charge is 2.29. The van der Waals surface area contributed by atoms with Crippen molar-refractivity contribution in [3.05, 3.63) is 35.4 Å². The van der Waals surface area contributed by atoms with Crippen LogP contribution in [0.3, 0.4) is 0 Å². The van der Waals surface area contributed by atoms with Gasteiger partial charge in [-0.25, -0.2) is 0 Å². The van der Waals surface area contributed by atoms with Gasteiger partial charge in [-0.2, -0.15) is 0 Å². The molecule has 1 aromatic carbocycles. The smallest absolute Gasteiger partial charge is 0.253 e. The van der Waals surface area contributed by atoms with E-state index >= 15 is 0 Å². The molecule has 4 nitrogen and oxygen atoms in total. The normalized spacial score (nSPS) is 20.7. The summed E-state index contributed by atoms with van der Waals surface area (Å²) in [7, 11) is 0. The predicted octanol–water partition coefficient (Wildman–Crippen LogP) is 2.02. The van der Waals surface area contributed by atoms with Crippen LogP contribution in [0.5, 0.6) is 0 Å². The largest absolute Gasteiger partial charge is 0.340 e. The van der Waals surface area contributed by atoms with Crippen LogP contribution < -0.4 is 10.6 Å². The maximum atomic E-state index is 11.9. The number of aliphatic imine (C=N–C) groups is 1. The van der Waals surface area contributed by atoms with Gasteiger partial charge in [0.05, 0.1) is 0 Å². The van der Waals surface area contributed by atoms with Crippen molar-refractivity contribution >= 4 is 11.9 Å². The van der Waals surface area contributed by atoms with Crippen molar-refractivity contribution in [3.8, 4) is 0 Å². The zero-order valence-corrected chi connectivity index (χ0v) is 11.7. The van der Waals surface area contributed by atoms with E-state index in [0.29, 0.717) is 18.4 Å². The molecule has 1 aliphatic rings. The van der Waals surface area contributed by atoms with Gasteiger partial charge in [0.25, 0.3) is 5.91 Å². The molecule has 0 aromatic heterocycles. The van der Waals surface area contributed by atoms with Gasteiger partial charge < -0.3 is 5.32 Å². The third-order valence-corrected chi connectivity index (χ3v) is 3.06. The number of hydrogen-bond acceptors (Lipinski definition) is 2. The summed E-state index contributed by atoms with van der Waals surface area (Å²) in [5.41, 5.74) is 2.28. The Kier molecular flexibility index (Phi) is 4.20. The van der Waals surface area contributed by atoms with Crippen molar-refractivity contribution in [2.24, 2.45) is 10.9 Å². The second-order valence-corrected chi connectivity index (χ2v) is 5.23. The number of benzene rings is 1. The Hall–Kier alpha value is -1.84. The first-order chi connectivity index (χ1) is 9.10. The predicted molar refractivity (Wildman–Crippen MR) is 77.0 cm³/mol. The fourth-order valence-electron chi connectivity index (χ4n) is 2.22. The van der Waals surface area contributed by atoms with Crippen molar-refractivity contribution < 1.29 is 4.79 Å². The number of amides is 1. The van der Waals surface area contributed by atoms with Gasteiger partial charge in [-0.05, 0) is 30.4 Å². The van der Waals surface area contributed by atoms with Crippen LogP contribution in [0.1, 0.15) is 37.9 Å². The van der Waals surface area contributed by atoms with Crippen LogP contribution in [-0.4, -0.2) is 18.4 Å². The van der Waals surface area contributed by atoms with E-state index in [4.69, 9.17) is 0 Å². The molecule has 0 spiro atoms. The van der Waals surface area contributed by atoms with Crippen molar-refractivity contribution in [2.75, 3.05) is 6.54 Å². The van der Waals surface area contributed by atoms with Gasteiger partial charge in [-0.15, -0.1) is 0 Å². The van der Waals surface area contributed by atoms with E-state index in [-0.39, 0.29) is 11.9 Å². The SMILES string of the molecule is CCN=C1NC(=O)C(c2ccc(CC(C)C)cc2)N1. The molecule has 1 aliphatic heterocycles. The second-order valence-electron chi connectivity index (χ2n) is 5.23. The average molecular weight is 259 g/mol. The number of rotatable bonds is 4. The third-order valence-electron chi connectivity index (χ3n) is 3.06. The number of nitrogens with one attached hydrogen (secondary N) is 2. The van der Waals surface area contributed by atoms with E-state index in [1.54, 1.807) is 0 Å². The van der Waals surface area contributed by atoms with Crippen molar-refractivity contribution in [3.63, 3.8) is 0 Å². The van der Waals surface area contributed by atoms with Crippen LogP contribution >= 0.6 is 0 Å². The van der Waals surface area contributed by atoms with Gasteiger partial charge in [0.15, 0.2) is 5.96 Å². The second kappa shape index (κ2) is 5.87. The molecule has 1 atom stereocenters. The van der Waals surface area contributed by atoms with E-state index in [0.717, 1.165) is 12.0 Å². The molecule has 2 rings (SSSR count). The molecule has 1 fully saturated rings. The lowest BCUT2D eigenvalue weighted by Crippen LogP contribution is -2.25. The summed E-state index contributed by atoms with van der Waals surface area (Å²) >= 11 is 0. The van der Waals surface area contributed by atoms with Gasteiger partial charge in [0.2, 0.25) is 0 Å². The van der Waals surface area contributed by atoms with E-state index in [1.165, 1.54) is 5.56 Å². The van der Waals surface area contributed by atoms with Crippen LogP contribution in [-0.2, 0) is 11.2 Å². The average Bonchev–Trinajstić information content (AvgIpc) is 2.71. The summed E-state index contributed by atoms with van der Waals surface area (Å²) in [5, 5.41) is 5.86. The first-order valence-electron chi connectivity index (χ1n) is 6.80. The Balaban J connectivity index is 2.10. The summed E-state index contributed by atoms with van der Waals surface area (Å²) in [6.07, 6.45) is 1.06. The molecule has 2 N–H and O–H groups in total. The Morgan fingerprint density at radius 3 is 2.53 bits per heavy atom. The summed E-state index contributed by atoms with van der Waals surface area (Å²) in [4.78, 5) is 16.0. The molecule has 1 heterocycles. The molecule has 1 saturated heterocycles. The minimum Gasteiger partial charge on any atom is -0.340 e. The van der Waals surface area contributed by atoms with Gasteiger partial charge >= 0.3 is 0 Å². The fraction of sp³-hybridized carbons (Fsp3) is 0.467. The van der Waals surface area contributed by atoms with Gasteiger partial charge in [0, 0.05) is 6.54 Å². The molecule has 0 bridgehead atoms. The highest BCUT2D eigenvalue weighted by molar-refractivity contribution is 6.06. The number of carbonyl (C=O) groups is 1. The van der Waals surface area contributed by atoms with Crippen LogP contribution in [0.4, 0.5) is 0 Å². The van der Waals surface area contributed by atoms with Crippen molar-refractivity contribution in [2.45, 2.75) is 33.2 Å². The Bertz CT molecular complexity index is 477. The van der Waals surface area contributed by atoms with E-state index in [1.807, 2.05) is 19.1 Å². The van der Waals surface area contributed by atoms with E-state index < -0.39 is 0 Å². The molecule has 0 radical (unpaired) electrons. The first kappa shape index (κ1) is 13.6. The number of hydrogen-bond donors (Lipinski definition) is 2. The van der Waals surface area contributed by atoms with Gasteiger partial charge in [0.1, 0.15) is 6.04 Å². The maximum absolute atomic E-state index is 11.9. The highest BCUT2D eigenvalue weighted by Crippen LogP contribution is 2.18. The lowest BCUT2D eigenvalue weighted by atomic mass is 9.99. The molecular weight excluding hydrogens is 238 g/mol. The summed E-state index contributed by atoms with van der Waals surface area (Å²) in [6.45, 7) is 7.00. The minimum absolute atomic E-state index is 0.0381. The van der Waals surface area contributed by atoms with Crippen LogP contribution in [0.15, 0.2) is 29.3 Å². The Morgan fingerprint density at radius 1 is 1.26 bits per heavy atom. The molecular formula is C15H21N3O. The molecule has 4 heteroatoms. The fourth-order valence-corrected chi connectivity index (χ4v) is 2.22. The topological polar surface area (TPSA) is 53.5 Å².